The van der Waals surface area contributed by atoms with E-state index in [1.807, 2.05) is 19.1 Å². The molecule has 2 aromatic rings. The van der Waals surface area contributed by atoms with Gasteiger partial charge in [-0.05, 0) is 61.4 Å². The fraction of sp³-hybridized carbons (Fsp3) is 0.300. The highest BCUT2D eigenvalue weighted by molar-refractivity contribution is 6.30. The maximum Gasteiger partial charge on any atom is 0.251 e. The topological polar surface area (TPSA) is 58.6 Å². The standard InChI is InChI=1S/C20H21ClN2O3/c1-13(26-18-6-4-17(21)5-7-18)12-22-20(25)16-3-8-19-15(11-16)9-10-23(19)14(2)24/h3-8,11,13H,9-10,12H2,1-2H3,(H,22,25). The number of ether oxygens (including phenoxy) is 1. The van der Waals surface area contributed by atoms with Gasteiger partial charge < -0.3 is 15.0 Å². The molecule has 2 aromatic carbocycles. The molecule has 1 aliphatic heterocycles. The third-order valence-corrected chi connectivity index (χ3v) is 4.57. The number of carbonyl (C=O) groups is 2. The van der Waals surface area contributed by atoms with Crippen LogP contribution in [0, 0.1) is 0 Å². The number of hydrogen-bond acceptors (Lipinski definition) is 3. The first-order valence-electron chi connectivity index (χ1n) is 8.55. The van der Waals surface area contributed by atoms with E-state index in [2.05, 4.69) is 5.32 Å². The normalized spacial score (nSPS) is 13.9. The highest BCUT2D eigenvalue weighted by atomic mass is 35.5. The van der Waals surface area contributed by atoms with E-state index in [0.717, 1.165) is 17.7 Å². The Hall–Kier alpha value is -2.53. The Balaban J connectivity index is 1.57. The number of anilines is 1. The van der Waals surface area contributed by atoms with Crippen LogP contribution in [0.1, 0.15) is 29.8 Å². The Bertz CT molecular complexity index is 820. The molecule has 1 heterocycles. The summed E-state index contributed by atoms with van der Waals surface area (Å²) in [6.07, 6.45) is 0.592. The molecule has 3 rings (SSSR count). The van der Waals surface area contributed by atoms with Crippen LogP contribution in [-0.2, 0) is 11.2 Å². The van der Waals surface area contributed by atoms with Gasteiger partial charge in [-0.2, -0.15) is 0 Å². The van der Waals surface area contributed by atoms with E-state index < -0.39 is 0 Å². The smallest absolute Gasteiger partial charge is 0.251 e. The van der Waals surface area contributed by atoms with Crippen LogP contribution in [0.25, 0.3) is 0 Å². The Labute approximate surface area is 157 Å². The summed E-state index contributed by atoms with van der Waals surface area (Å²) in [4.78, 5) is 25.7. The Morgan fingerprint density at radius 1 is 1.23 bits per heavy atom. The van der Waals surface area contributed by atoms with Crippen molar-refractivity contribution in [2.24, 2.45) is 0 Å². The highest BCUT2D eigenvalue weighted by Crippen LogP contribution is 2.28. The third kappa shape index (κ3) is 4.17. The molecule has 5 nitrogen and oxygen atoms in total. The first-order valence-corrected chi connectivity index (χ1v) is 8.93. The fourth-order valence-corrected chi connectivity index (χ4v) is 3.12. The van der Waals surface area contributed by atoms with Gasteiger partial charge in [-0.1, -0.05) is 11.6 Å². The van der Waals surface area contributed by atoms with Crippen LogP contribution in [0.15, 0.2) is 42.5 Å². The Morgan fingerprint density at radius 3 is 2.65 bits per heavy atom. The SMILES string of the molecule is CC(=O)N1CCc2cc(C(=O)NCC(C)Oc3ccc(Cl)cc3)ccc21. The predicted octanol–water partition coefficient (Wildman–Crippen LogP) is 3.45. The zero-order valence-electron chi connectivity index (χ0n) is 14.8. The largest absolute Gasteiger partial charge is 0.489 e. The molecule has 0 spiro atoms. The van der Waals surface area contributed by atoms with Crippen LogP contribution >= 0.6 is 11.6 Å². The number of halogens is 1. The van der Waals surface area contributed by atoms with Gasteiger partial charge in [0.2, 0.25) is 5.91 Å². The van der Waals surface area contributed by atoms with Gasteiger partial charge in [-0.15, -0.1) is 0 Å². The van der Waals surface area contributed by atoms with Crippen molar-refractivity contribution in [3.8, 4) is 5.75 Å². The molecular weight excluding hydrogens is 352 g/mol. The molecular formula is C20H21ClN2O3. The van der Waals surface area contributed by atoms with Gasteiger partial charge in [0.15, 0.2) is 0 Å². The van der Waals surface area contributed by atoms with E-state index >= 15 is 0 Å². The minimum absolute atomic E-state index is 0.0223. The molecule has 1 unspecified atom stereocenters. The summed E-state index contributed by atoms with van der Waals surface area (Å²) in [5.74, 6) is 0.577. The van der Waals surface area contributed by atoms with Gasteiger partial charge in [0.25, 0.3) is 5.91 Å². The molecule has 1 atom stereocenters. The zero-order chi connectivity index (χ0) is 18.7. The van der Waals surface area contributed by atoms with Gasteiger partial charge >= 0.3 is 0 Å². The number of rotatable bonds is 5. The molecule has 1 N–H and O–H groups in total. The molecule has 0 saturated heterocycles. The highest BCUT2D eigenvalue weighted by Gasteiger charge is 2.23. The van der Waals surface area contributed by atoms with Gasteiger partial charge in [-0.3, -0.25) is 9.59 Å². The van der Waals surface area contributed by atoms with Crippen LogP contribution in [0.4, 0.5) is 5.69 Å². The second-order valence-electron chi connectivity index (χ2n) is 6.36. The Morgan fingerprint density at radius 2 is 1.96 bits per heavy atom. The van der Waals surface area contributed by atoms with Crippen molar-refractivity contribution in [1.82, 2.24) is 5.32 Å². The van der Waals surface area contributed by atoms with E-state index in [0.29, 0.717) is 29.4 Å². The maximum atomic E-state index is 12.4. The zero-order valence-corrected chi connectivity index (χ0v) is 15.5. The average Bonchev–Trinajstić information content (AvgIpc) is 3.05. The summed E-state index contributed by atoms with van der Waals surface area (Å²) < 4.78 is 5.75. The number of amides is 2. The van der Waals surface area contributed by atoms with Crippen molar-refractivity contribution in [1.29, 1.82) is 0 Å². The summed E-state index contributed by atoms with van der Waals surface area (Å²) in [6, 6.07) is 12.6. The number of benzene rings is 2. The molecule has 2 amide bonds. The lowest BCUT2D eigenvalue weighted by Crippen LogP contribution is -2.33. The van der Waals surface area contributed by atoms with Crippen molar-refractivity contribution in [2.75, 3.05) is 18.0 Å². The van der Waals surface area contributed by atoms with Crippen LogP contribution in [0.5, 0.6) is 5.75 Å². The molecule has 0 aromatic heterocycles. The van der Waals surface area contributed by atoms with Crippen LogP contribution < -0.4 is 15.0 Å². The molecule has 6 heteroatoms. The number of fused-ring (bicyclic) bond motifs is 1. The third-order valence-electron chi connectivity index (χ3n) is 4.32. The minimum Gasteiger partial charge on any atom is -0.489 e. The summed E-state index contributed by atoms with van der Waals surface area (Å²) in [6.45, 7) is 4.50. The monoisotopic (exact) mass is 372 g/mol. The van der Waals surface area contributed by atoms with Crippen LogP contribution in [-0.4, -0.2) is 31.0 Å². The summed E-state index contributed by atoms with van der Waals surface area (Å²) in [7, 11) is 0. The van der Waals surface area contributed by atoms with Gasteiger partial charge in [-0.25, -0.2) is 0 Å². The summed E-state index contributed by atoms with van der Waals surface area (Å²) in [5, 5.41) is 3.54. The minimum atomic E-state index is -0.178. The first-order chi connectivity index (χ1) is 12.4. The Kier molecular flexibility index (Phi) is 5.47. The number of carbonyl (C=O) groups excluding carboxylic acids is 2. The molecule has 0 fully saturated rings. The quantitative estimate of drug-likeness (QED) is 0.874. The molecule has 0 radical (unpaired) electrons. The lowest BCUT2D eigenvalue weighted by atomic mass is 10.1. The number of nitrogens with zero attached hydrogens (tertiary/aromatic N) is 1. The van der Waals surface area contributed by atoms with Crippen LogP contribution in [0.2, 0.25) is 5.02 Å². The van der Waals surface area contributed by atoms with Crippen molar-refractivity contribution in [3.63, 3.8) is 0 Å². The first kappa shape index (κ1) is 18.3. The molecule has 26 heavy (non-hydrogen) atoms. The van der Waals surface area contributed by atoms with E-state index in [-0.39, 0.29) is 17.9 Å². The molecule has 136 valence electrons. The van der Waals surface area contributed by atoms with Gasteiger partial charge in [0.1, 0.15) is 11.9 Å². The molecule has 1 aliphatic rings. The second kappa shape index (κ2) is 7.79. The lowest BCUT2D eigenvalue weighted by molar-refractivity contribution is -0.116. The average molecular weight is 373 g/mol. The van der Waals surface area contributed by atoms with E-state index in [1.165, 1.54) is 0 Å². The molecule has 0 saturated carbocycles. The lowest BCUT2D eigenvalue weighted by Gasteiger charge is -2.16. The van der Waals surface area contributed by atoms with Crippen molar-refractivity contribution < 1.29 is 14.3 Å². The van der Waals surface area contributed by atoms with Crippen molar-refractivity contribution in [3.05, 3.63) is 58.6 Å². The maximum absolute atomic E-state index is 12.4. The summed E-state index contributed by atoms with van der Waals surface area (Å²) in [5.41, 5.74) is 2.51. The van der Waals surface area contributed by atoms with E-state index in [1.54, 1.807) is 42.2 Å². The van der Waals surface area contributed by atoms with Crippen molar-refractivity contribution in [2.45, 2.75) is 26.4 Å². The number of hydrogen-bond donors (Lipinski definition) is 1. The van der Waals surface area contributed by atoms with E-state index in [4.69, 9.17) is 16.3 Å². The predicted molar refractivity (Wildman–Crippen MR) is 102 cm³/mol. The second-order valence-corrected chi connectivity index (χ2v) is 6.79. The molecule has 0 aliphatic carbocycles. The van der Waals surface area contributed by atoms with Gasteiger partial charge in [0, 0.05) is 29.7 Å². The van der Waals surface area contributed by atoms with Crippen LogP contribution in [0.3, 0.4) is 0 Å². The summed E-state index contributed by atoms with van der Waals surface area (Å²) >= 11 is 5.85. The number of nitrogens with one attached hydrogen (secondary N) is 1. The van der Waals surface area contributed by atoms with E-state index in [9.17, 15) is 9.59 Å². The molecule has 0 bridgehead atoms. The van der Waals surface area contributed by atoms with Gasteiger partial charge in [0.05, 0.1) is 6.54 Å². The fourth-order valence-electron chi connectivity index (χ4n) is 3.00. The van der Waals surface area contributed by atoms with Crippen molar-refractivity contribution >= 4 is 29.1 Å².